The van der Waals surface area contributed by atoms with Gasteiger partial charge in [-0.3, -0.25) is 4.79 Å². The van der Waals surface area contributed by atoms with Gasteiger partial charge in [0.25, 0.3) is 5.91 Å². The SMILES string of the molecule is CC(C)N1CCC(Oc2cccc3ccc(C(=O)N4CCC(O)CC4)nc23)CC1. The van der Waals surface area contributed by atoms with Crippen molar-refractivity contribution in [3.8, 4) is 5.75 Å². The maximum Gasteiger partial charge on any atom is 0.272 e. The number of hydrogen-bond donors (Lipinski definition) is 1. The highest BCUT2D eigenvalue weighted by molar-refractivity contribution is 5.96. The number of nitrogens with zero attached hydrogens (tertiary/aromatic N) is 3. The highest BCUT2D eigenvalue weighted by Gasteiger charge is 2.25. The fourth-order valence-corrected chi connectivity index (χ4v) is 4.25. The van der Waals surface area contributed by atoms with Gasteiger partial charge in [0.15, 0.2) is 0 Å². The van der Waals surface area contributed by atoms with E-state index in [9.17, 15) is 9.90 Å². The standard InChI is InChI=1S/C23H31N3O3/c1-16(2)25-14-10-19(11-15-25)29-21-5-3-4-17-6-7-20(24-22(17)21)23(28)26-12-8-18(27)9-13-26/h3-7,16,18-19,27H,8-15H2,1-2H3. The average molecular weight is 398 g/mol. The number of benzene rings is 1. The van der Waals surface area contributed by atoms with Crippen LogP contribution in [0, 0.1) is 0 Å². The summed E-state index contributed by atoms with van der Waals surface area (Å²) in [4.78, 5) is 21.8. The van der Waals surface area contributed by atoms with E-state index in [1.54, 1.807) is 11.0 Å². The van der Waals surface area contributed by atoms with E-state index in [0.29, 0.717) is 37.7 Å². The first-order chi connectivity index (χ1) is 14.0. The van der Waals surface area contributed by atoms with E-state index >= 15 is 0 Å². The van der Waals surface area contributed by atoms with Gasteiger partial charge in [-0.05, 0) is 51.7 Å². The number of aromatic nitrogens is 1. The van der Waals surface area contributed by atoms with Crippen molar-refractivity contribution in [3.05, 3.63) is 36.0 Å². The van der Waals surface area contributed by atoms with Gasteiger partial charge in [0.1, 0.15) is 23.1 Å². The molecule has 3 heterocycles. The number of hydrogen-bond acceptors (Lipinski definition) is 5. The summed E-state index contributed by atoms with van der Waals surface area (Å²) in [6, 6.07) is 10.2. The zero-order chi connectivity index (χ0) is 20.4. The van der Waals surface area contributed by atoms with E-state index in [-0.39, 0.29) is 18.1 Å². The molecule has 6 heteroatoms. The monoisotopic (exact) mass is 397 g/mol. The molecule has 0 saturated carbocycles. The predicted molar refractivity (Wildman–Crippen MR) is 113 cm³/mol. The van der Waals surface area contributed by atoms with Crippen molar-refractivity contribution in [1.29, 1.82) is 0 Å². The second-order valence-corrected chi connectivity index (χ2v) is 8.49. The smallest absolute Gasteiger partial charge is 0.272 e. The first-order valence-corrected chi connectivity index (χ1v) is 10.8. The fourth-order valence-electron chi connectivity index (χ4n) is 4.25. The third kappa shape index (κ3) is 4.54. The normalized spacial score (nSPS) is 19.8. The largest absolute Gasteiger partial charge is 0.488 e. The molecule has 1 amide bonds. The van der Waals surface area contributed by atoms with Crippen LogP contribution >= 0.6 is 0 Å². The van der Waals surface area contributed by atoms with Gasteiger partial charge in [0.05, 0.1) is 6.10 Å². The Morgan fingerprint density at radius 3 is 2.48 bits per heavy atom. The van der Waals surface area contributed by atoms with Crippen LogP contribution in [0.15, 0.2) is 30.3 Å². The number of carbonyl (C=O) groups excluding carboxylic acids is 1. The third-order valence-electron chi connectivity index (χ3n) is 6.15. The average Bonchev–Trinajstić information content (AvgIpc) is 2.74. The molecule has 0 aliphatic carbocycles. The van der Waals surface area contributed by atoms with Gasteiger partial charge < -0.3 is 19.6 Å². The van der Waals surface area contributed by atoms with E-state index < -0.39 is 0 Å². The van der Waals surface area contributed by atoms with Crippen LogP contribution in [0.1, 0.15) is 50.0 Å². The predicted octanol–water partition coefficient (Wildman–Crippen LogP) is 3.08. The lowest BCUT2D eigenvalue weighted by Crippen LogP contribution is -2.41. The Morgan fingerprint density at radius 2 is 1.79 bits per heavy atom. The van der Waals surface area contributed by atoms with E-state index in [1.807, 2.05) is 24.3 Å². The maximum absolute atomic E-state index is 12.9. The number of rotatable bonds is 4. The number of para-hydroxylation sites is 1. The summed E-state index contributed by atoms with van der Waals surface area (Å²) >= 11 is 0. The summed E-state index contributed by atoms with van der Waals surface area (Å²) in [7, 11) is 0. The fraction of sp³-hybridized carbons (Fsp3) is 0.565. The molecule has 6 nitrogen and oxygen atoms in total. The van der Waals surface area contributed by atoms with Crippen molar-refractivity contribution in [2.45, 2.75) is 57.8 Å². The van der Waals surface area contributed by atoms with Crippen LogP contribution in [0.4, 0.5) is 0 Å². The molecule has 1 N–H and O–H groups in total. The number of aliphatic hydroxyl groups excluding tert-OH is 1. The van der Waals surface area contributed by atoms with Crippen LogP contribution in [-0.2, 0) is 0 Å². The molecule has 2 saturated heterocycles. The lowest BCUT2D eigenvalue weighted by molar-refractivity contribution is 0.0542. The molecule has 0 atom stereocenters. The lowest BCUT2D eigenvalue weighted by Gasteiger charge is -2.34. The molecule has 0 radical (unpaired) electrons. The second kappa shape index (κ2) is 8.67. The van der Waals surface area contributed by atoms with Gasteiger partial charge in [-0.1, -0.05) is 18.2 Å². The Bertz CT molecular complexity index is 854. The molecule has 0 bridgehead atoms. The Kier molecular flexibility index (Phi) is 6.01. The Morgan fingerprint density at radius 1 is 1.07 bits per heavy atom. The van der Waals surface area contributed by atoms with Crippen molar-refractivity contribution >= 4 is 16.8 Å². The molecule has 0 unspecified atom stereocenters. The van der Waals surface area contributed by atoms with E-state index in [0.717, 1.165) is 42.6 Å². The number of pyridine rings is 1. The van der Waals surface area contributed by atoms with Crippen molar-refractivity contribution in [2.24, 2.45) is 0 Å². The van der Waals surface area contributed by atoms with Gasteiger partial charge in [-0.2, -0.15) is 0 Å². The highest BCUT2D eigenvalue weighted by Crippen LogP contribution is 2.28. The first-order valence-electron chi connectivity index (χ1n) is 10.8. The summed E-state index contributed by atoms with van der Waals surface area (Å²) in [5, 5.41) is 10.7. The molecule has 2 aromatic rings. The van der Waals surface area contributed by atoms with Gasteiger partial charge in [-0.15, -0.1) is 0 Å². The van der Waals surface area contributed by atoms with Gasteiger partial charge in [0, 0.05) is 37.6 Å². The summed E-state index contributed by atoms with van der Waals surface area (Å²) in [5.41, 5.74) is 1.20. The molecule has 2 aliphatic rings. The zero-order valence-corrected chi connectivity index (χ0v) is 17.4. The molecule has 0 spiro atoms. The molecule has 156 valence electrons. The molecule has 1 aromatic heterocycles. The number of ether oxygens (including phenoxy) is 1. The summed E-state index contributed by atoms with van der Waals surface area (Å²) in [6.45, 7) is 7.71. The van der Waals surface area contributed by atoms with E-state index in [2.05, 4.69) is 23.7 Å². The Hall–Kier alpha value is -2.18. The number of aliphatic hydroxyl groups is 1. The minimum atomic E-state index is -0.300. The van der Waals surface area contributed by atoms with Crippen LogP contribution in [0.2, 0.25) is 0 Å². The molecule has 2 fully saturated rings. The van der Waals surface area contributed by atoms with Crippen molar-refractivity contribution < 1.29 is 14.6 Å². The van der Waals surface area contributed by atoms with Gasteiger partial charge >= 0.3 is 0 Å². The molecule has 4 rings (SSSR count). The number of piperidine rings is 2. The zero-order valence-electron chi connectivity index (χ0n) is 17.4. The third-order valence-corrected chi connectivity index (χ3v) is 6.15. The number of amides is 1. The second-order valence-electron chi connectivity index (χ2n) is 8.49. The minimum absolute atomic E-state index is 0.0705. The molecule has 29 heavy (non-hydrogen) atoms. The van der Waals surface area contributed by atoms with E-state index in [1.165, 1.54) is 0 Å². The van der Waals surface area contributed by atoms with Crippen LogP contribution in [-0.4, -0.2) is 70.2 Å². The molecule has 1 aromatic carbocycles. The molecule has 2 aliphatic heterocycles. The van der Waals surface area contributed by atoms with Crippen molar-refractivity contribution in [3.63, 3.8) is 0 Å². The number of carbonyl (C=O) groups is 1. The van der Waals surface area contributed by atoms with Crippen LogP contribution in [0.5, 0.6) is 5.75 Å². The van der Waals surface area contributed by atoms with Crippen LogP contribution in [0.3, 0.4) is 0 Å². The maximum atomic E-state index is 12.9. The highest BCUT2D eigenvalue weighted by atomic mass is 16.5. The van der Waals surface area contributed by atoms with Gasteiger partial charge in [0.2, 0.25) is 0 Å². The lowest BCUT2D eigenvalue weighted by atomic mass is 10.1. The Balaban J connectivity index is 1.51. The topological polar surface area (TPSA) is 65.9 Å². The summed E-state index contributed by atoms with van der Waals surface area (Å²) < 4.78 is 6.34. The summed E-state index contributed by atoms with van der Waals surface area (Å²) in [6.07, 6.45) is 3.14. The minimum Gasteiger partial charge on any atom is -0.488 e. The van der Waals surface area contributed by atoms with E-state index in [4.69, 9.17) is 4.74 Å². The first kappa shape index (κ1) is 20.1. The quantitative estimate of drug-likeness (QED) is 0.859. The van der Waals surface area contributed by atoms with Crippen LogP contribution < -0.4 is 4.74 Å². The van der Waals surface area contributed by atoms with Crippen molar-refractivity contribution in [1.82, 2.24) is 14.8 Å². The van der Waals surface area contributed by atoms with Crippen LogP contribution in [0.25, 0.3) is 10.9 Å². The van der Waals surface area contributed by atoms with Crippen molar-refractivity contribution in [2.75, 3.05) is 26.2 Å². The van der Waals surface area contributed by atoms with Gasteiger partial charge in [-0.25, -0.2) is 4.98 Å². The number of fused-ring (bicyclic) bond motifs is 1. The number of likely N-dealkylation sites (tertiary alicyclic amines) is 2. The molecular weight excluding hydrogens is 366 g/mol. The Labute approximate surface area is 172 Å². The molecular formula is C23H31N3O3. The summed E-state index contributed by atoms with van der Waals surface area (Å²) in [5.74, 6) is 0.688.